The number of hydrogen-bond acceptors (Lipinski definition) is 4. The van der Waals surface area contributed by atoms with Crippen molar-refractivity contribution in [2.75, 3.05) is 0 Å². The molecular weight excluding hydrogens is 510 g/mol. The van der Waals surface area contributed by atoms with E-state index in [0.717, 1.165) is 33.2 Å². The Labute approximate surface area is 224 Å². The largest absolute Gasteiger partial charge is 0.437 e. The lowest BCUT2D eigenvalue weighted by Crippen LogP contribution is -2.00. The van der Waals surface area contributed by atoms with E-state index in [0.29, 0.717) is 5.71 Å². The van der Waals surface area contributed by atoms with Gasteiger partial charge in [0.2, 0.25) is 11.0 Å². The minimum atomic E-state index is 0.158. The van der Waals surface area contributed by atoms with Crippen molar-refractivity contribution >= 4 is 97.8 Å². The Bertz CT molecular complexity index is 2430. The van der Waals surface area contributed by atoms with Gasteiger partial charge in [-0.25, -0.2) is 0 Å². The van der Waals surface area contributed by atoms with Crippen LogP contribution in [-0.2, 0) is 0 Å². The lowest BCUT2D eigenvalue weighted by atomic mass is 9.99. The van der Waals surface area contributed by atoms with Crippen molar-refractivity contribution in [2.24, 2.45) is 0 Å². The molecule has 0 radical (unpaired) electrons. The van der Waals surface area contributed by atoms with Crippen molar-refractivity contribution in [1.29, 1.82) is 0 Å². The van der Waals surface area contributed by atoms with Gasteiger partial charge in [0.25, 0.3) is 0 Å². The molecule has 0 atom stereocenters. The average Bonchev–Trinajstić information content (AvgIpc) is 3.62. The van der Waals surface area contributed by atoms with E-state index in [1.807, 2.05) is 29.5 Å². The Morgan fingerprint density at radius 3 is 2.13 bits per heavy atom. The second kappa shape index (κ2) is 7.32. The maximum absolute atomic E-state index is 6.56. The summed E-state index contributed by atoms with van der Waals surface area (Å²) >= 11 is 8.38. The van der Waals surface area contributed by atoms with Gasteiger partial charge in [0.1, 0.15) is 5.58 Å². The van der Waals surface area contributed by atoms with Gasteiger partial charge < -0.3 is 4.42 Å². The zero-order valence-electron chi connectivity index (χ0n) is 19.8. The number of fused-ring (bicyclic) bond motifs is 13. The van der Waals surface area contributed by atoms with Crippen LogP contribution in [-0.4, -0.2) is 14.5 Å². The van der Waals surface area contributed by atoms with Gasteiger partial charge in [-0.05, 0) is 40.6 Å². The summed E-state index contributed by atoms with van der Waals surface area (Å²) in [6.45, 7) is 0. The van der Waals surface area contributed by atoms with Crippen molar-refractivity contribution in [2.45, 2.75) is 0 Å². The molecular formula is C32H16ClN3OS. The first-order chi connectivity index (χ1) is 18.8. The molecule has 0 saturated heterocycles. The van der Waals surface area contributed by atoms with E-state index in [1.165, 1.54) is 41.7 Å². The number of para-hydroxylation sites is 2. The number of hydrogen-bond donors (Lipinski definition) is 0. The molecule has 0 spiro atoms. The predicted octanol–water partition coefficient (Wildman–Crippen LogP) is 9.65. The highest BCUT2D eigenvalue weighted by atomic mass is 35.5. The predicted molar refractivity (Wildman–Crippen MR) is 159 cm³/mol. The topological polar surface area (TPSA) is 43.9 Å². The van der Waals surface area contributed by atoms with Crippen LogP contribution in [0.5, 0.6) is 0 Å². The molecule has 0 unspecified atom stereocenters. The molecule has 0 aliphatic rings. The summed E-state index contributed by atoms with van der Waals surface area (Å²) in [4.78, 5) is 9.34. The summed E-state index contributed by atoms with van der Waals surface area (Å²) in [5.74, 6) is 0.727. The van der Waals surface area contributed by atoms with Crippen molar-refractivity contribution in [3.63, 3.8) is 0 Å². The summed E-state index contributed by atoms with van der Waals surface area (Å²) < 4.78 is 10.9. The number of furan rings is 1. The van der Waals surface area contributed by atoms with Crippen LogP contribution >= 0.6 is 22.9 Å². The highest BCUT2D eigenvalue weighted by Gasteiger charge is 2.25. The number of thiophene rings is 1. The third kappa shape index (κ3) is 2.55. The summed E-state index contributed by atoms with van der Waals surface area (Å²) in [6.07, 6.45) is 0. The van der Waals surface area contributed by atoms with Crippen molar-refractivity contribution in [1.82, 2.24) is 14.5 Å². The number of halogens is 1. The molecule has 0 N–H and O–H groups in total. The quantitative estimate of drug-likeness (QED) is 0.200. The van der Waals surface area contributed by atoms with Crippen LogP contribution in [0, 0.1) is 0 Å². The highest BCUT2D eigenvalue weighted by molar-refractivity contribution is 7.27. The Balaban J connectivity index is 1.63. The van der Waals surface area contributed by atoms with Gasteiger partial charge in [0.15, 0.2) is 5.82 Å². The highest BCUT2D eigenvalue weighted by Crippen LogP contribution is 2.48. The molecule has 38 heavy (non-hydrogen) atoms. The molecule has 0 fully saturated rings. The number of nitrogens with zero attached hydrogens (tertiary/aromatic N) is 3. The van der Waals surface area contributed by atoms with Crippen LogP contribution in [0.2, 0.25) is 5.28 Å². The zero-order valence-corrected chi connectivity index (χ0v) is 21.3. The van der Waals surface area contributed by atoms with E-state index in [4.69, 9.17) is 21.0 Å². The molecule has 0 aliphatic heterocycles. The van der Waals surface area contributed by atoms with E-state index < -0.39 is 0 Å². The third-order valence-electron chi connectivity index (χ3n) is 7.56. The molecule has 6 heteroatoms. The van der Waals surface area contributed by atoms with Gasteiger partial charge >= 0.3 is 0 Å². The van der Waals surface area contributed by atoms with E-state index >= 15 is 0 Å². The number of benzene rings is 5. The van der Waals surface area contributed by atoms with Crippen LogP contribution in [0.15, 0.2) is 101 Å². The van der Waals surface area contributed by atoms with Crippen LogP contribution in [0.25, 0.3) is 80.6 Å². The molecule has 4 heterocycles. The van der Waals surface area contributed by atoms with Gasteiger partial charge in [-0.1, -0.05) is 78.9 Å². The fourth-order valence-electron chi connectivity index (χ4n) is 6.09. The van der Waals surface area contributed by atoms with Gasteiger partial charge in [0, 0.05) is 31.6 Å². The summed E-state index contributed by atoms with van der Waals surface area (Å²) in [7, 11) is 0. The van der Waals surface area contributed by atoms with Crippen molar-refractivity contribution in [3.05, 3.63) is 102 Å². The fraction of sp³-hybridized carbons (Fsp3) is 0. The zero-order chi connectivity index (χ0) is 25.0. The summed E-state index contributed by atoms with van der Waals surface area (Å²) in [5.41, 5.74) is 3.44. The molecule has 0 bridgehead atoms. The van der Waals surface area contributed by atoms with E-state index in [2.05, 4.69) is 88.4 Å². The molecule has 0 saturated carbocycles. The first-order valence-corrected chi connectivity index (χ1v) is 13.6. The van der Waals surface area contributed by atoms with Gasteiger partial charge in [-0.2, -0.15) is 9.97 Å². The summed E-state index contributed by atoms with van der Waals surface area (Å²) in [6, 6.07) is 33.9. The monoisotopic (exact) mass is 525 g/mol. The second-order valence-corrected chi connectivity index (χ2v) is 10.9. The Kier molecular flexibility index (Phi) is 3.96. The van der Waals surface area contributed by atoms with Crippen LogP contribution in [0.3, 0.4) is 0 Å². The lowest BCUT2D eigenvalue weighted by molar-refractivity contribution is 0.652. The average molecular weight is 526 g/mol. The molecule has 4 nitrogen and oxygen atoms in total. The normalized spacial score (nSPS) is 12.3. The molecule has 0 amide bonds. The first kappa shape index (κ1) is 20.6. The first-order valence-electron chi connectivity index (χ1n) is 12.4. The Morgan fingerprint density at radius 2 is 1.29 bits per heavy atom. The van der Waals surface area contributed by atoms with Crippen molar-refractivity contribution in [3.8, 4) is 5.82 Å². The minimum absolute atomic E-state index is 0.158. The molecule has 0 aliphatic carbocycles. The molecule has 4 aromatic heterocycles. The van der Waals surface area contributed by atoms with Crippen LogP contribution < -0.4 is 0 Å². The number of rotatable bonds is 1. The van der Waals surface area contributed by atoms with Gasteiger partial charge in [-0.15, -0.1) is 11.3 Å². The van der Waals surface area contributed by atoms with Crippen molar-refractivity contribution < 1.29 is 4.42 Å². The molecule has 9 rings (SSSR count). The fourth-order valence-corrected chi connectivity index (χ4v) is 7.50. The van der Waals surface area contributed by atoms with E-state index in [9.17, 15) is 0 Å². The van der Waals surface area contributed by atoms with E-state index in [1.54, 1.807) is 0 Å². The van der Waals surface area contributed by atoms with Crippen LogP contribution in [0.4, 0.5) is 0 Å². The maximum Gasteiger partial charge on any atom is 0.233 e. The third-order valence-corrected chi connectivity index (χ3v) is 8.90. The molecule has 5 aromatic carbocycles. The van der Waals surface area contributed by atoms with Gasteiger partial charge in [-0.3, -0.25) is 4.57 Å². The molecule has 9 aromatic rings. The number of aromatic nitrogens is 3. The SMILES string of the molecule is Clc1nc(-n2c3ccccc3c3c4ccccc4c4c5ccccc5sc4c32)c2c(n1)oc1ccccc12. The minimum Gasteiger partial charge on any atom is -0.437 e. The Hall–Kier alpha value is -4.45. The van der Waals surface area contributed by atoms with Crippen LogP contribution in [0.1, 0.15) is 0 Å². The van der Waals surface area contributed by atoms with Gasteiger partial charge in [0.05, 0.1) is 21.1 Å². The standard InChI is InChI=1S/C32H16ClN3OS/c33-32-34-30(27-20-12-4-7-15-23(20)37-31(27)35-32)36-22-14-6-3-11-19(22)25-17-9-1-2-10-18(17)26-21-13-5-8-16-24(21)38-29(26)28(25)36/h1-16H. The van der Waals surface area contributed by atoms with E-state index in [-0.39, 0.29) is 5.28 Å². The lowest BCUT2D eigenvalue weighted by Gasteiger charge is -2.10. The smallest absolute Gasteiger partial charge is 0.233 e. The second-order valence-electron chi connectivity index (χ2n) is 9.52. The Morgan fingerprint density at radius 1 is 0.632 bits per heavy atom. The summed E-state index contributed by atoms with van der Waals surface area (Å²) in [5, 5.41) is 9.39. The maximum atomic E-state index is 6.56. The molecule has 178 valence electrons.